The fourth-order valence-electron chi connectivity index (χ4n) is 1.41. The van der Waals surface area contributed by atoms with E-state index in [1.165, 1.54) is 12.1 Å². The highest BCUT2D eigenvalue weighted by Gasteiger charge is 2.13. The molecular formula is C11H15Cl2FN2O2S. The van der Waals surface area contributed by atoms with Crippen molar-refractivity contribution in [2.24, 2.45) is 0 Å². The van der Waals surface area contributed by atoms with Crippen LogP contribution >= 0.6 is 23.2 Å². The lowest BCUT2D eigenvalue weighted by Gasteiger charge is -2.09. The van der Waals surface area contributed by atoms with Gasteiger partial charge in [0.05, 0.1) is 21.5 Å². The lowest BCUT2D eigenvalue weighted by molar-refractivity contribution is 0.595. The average molecular weight is 329 g/mol. The van der Waals surface area contributed by atoms with E-state index in [9.17, 15) is 12.8 Å². The average Bonchev–Trinajstić information content (AvgIpc) is 2.31. The van der Waals surface area contributed by atoms with Crippen LogP contribution in [0.15, 0.2) is 12.1 Å². The Balaban J connectivity index is 2.68. The lowest BCUT2D eigenvalue weighted by Crippen LogP contribution is -2.21. The third-order valence-corrected chi connectivity index (χ3v) is 4.20. The maximum atomic E-state index is 13.2. The van der Waals surface area contributed by atoms with Gasteiger partial charge in [0.15, 0.2) is 5.82 Å². The molecule has 0 aliphatic rings. The van der Waals surface area contributed by atoms with Gasteiger partial charge in [-0.1, -0.05) is 30.1 Å². The molecule has 1 aromatic carbocycles. The van der Waals surface area contributed by atoms with Crippen LogP contribution in [0, 0.1) is 5.82 Å². The minimum Gasteiger partial charge on any atom is -0.317 e. The maximum absolute atomic E-state index is 13.2. The van der Waals surface area contributed by atoms with Crippen LogP contribution in [-0.2, 0) is 10.0 Å². The van der Waals surface area contributed by atoms with Crippen molar-refractivity contribution in [3.05, 3.63) is 28.0 Å². The van der Waals surface area contributed by atoms with Crippen molar-refractivity contribution in [2.45, 2.75) is 13.3 Å². The molecule has 0 aromatic heterocycles. The van der Waals surface area contributed by atoms with E-state index in [0.717, 1.165) is 6.54 Å². The van der Waals surface area contributed by atoms with E-state index in [0.29, 0.717) is 13.0 Å². The highest BCUT2D eigenvalue weighted by Crippen LogP contribution is 2.27. The molecule has 0 heterocycles. The van der Waals surface area contributed by atoms with Gasteiger partial charge in [-0.2, -0.15) is 0 Å². The zero-order chi connectivity index (χ0) is 14.5. The molecule has 0 fully saturated rings. The molecule has 0 saturated carbocycles. The third-order valence-electron chi connectivity index (χ3n) is 2.27. The summed E-state index contributed by atoms with van der Waals surface area (Å²) in [6.07, 6.45) is 0.478. The quantitative estimate of drug-likeness (QED) is 0.597. The minimum absolute atomic E-state index is 0.0351. The van der Waals surface area contributed by atoms with E-state index in [1.807, 2.05) is 6.92 Å². The van der Waals surface area contributed by atoms with Crippen molar-refractivity contribution in [1.82, 2.24) is 5.32 Å². The number of anilines is 1. The maximum Gasteiger partial charge on any atom is 0.232 e. The Labute approximate surface area is 122 Å². The largest absolute Gasteiger partial charge is 0.317 e. The van der Waals surface area contributed by atoms with Crippen LogP contribution in [0.1, 0.15) is 13.3 Å². The van der Waals surface area contributed by atoms with Gasteiger partial charge in [-0.15, -0.1) is 0 Å². The highest BCUT2D eigenvalue weighted by atomic mass is 35.5. The Kier molecular flexibility index (Phi) is 6.32. The molecule has 0 spiro atoms. The van der Waals surface area contributed by atoms with Gasteiger partial charge in [0, 0.05) is 0 Å². The Hall–Kier alpha value is -0.560. The smallest absolute Gasteiger partial charge is 0.232 e. The Morgan fingerprint density at radius 3 is 2.37 bits per heavy atom. The number of hydrogen-bond acceptors (Lipinski definition) is 3. The number of nitrogens with one attached hydrogen (secondary N) is 2. The second-order valence-corrected chi connectivity index (χ2v) is 6.54. The molecule has 0 atom stereocenters. The molecule has 2 N–H and O–H groups in total. The monoisotopic (exact) mass is 328 g/mol. The van der Waals surface area contributed by atoms with Crippen LogP contribution in [-0.4, -0.2) is 27.3 Å². The molecule has 0 aliphatic heterocycles. The summed E-state index contributed by atoms with van der Waals surface area (Å²) in [4.78, 5) is 0. The second kappa shape index (κ2) is 7.28. The van der Waals surface area contributed by atoms with Gasteiger partial charge in [-0.3, -0.25) is 4.72 Å². The van der Waals surface area contributed by atoms with E-state index in [1.54, 1.807) is 0 Å². The van der Waals surface area contributed by atoms with Gasteiger partial charge in [0.1, 0.15) is 0 Å². The molecule has 0 saturated heterocycles. The first-order valence-corrected chi connectivity index (χ1v) is 8.12. The molecule has 8 heteroatoms. The van der Waals surface area contributed by atoms with E-state index in [2.05, 4.69) is 10.0 Å². The SMILES string of the molecule is CCNCCCS(=O)(=O)Nc1cc(Cl)c(F)c(Cl)c1. The summed E-state index contributed by atoms with van der Waals surface area (Å²) in [7, 11) is -3.49. The normalized spacial score (nSPS) is 11.6. The fourth-order valence-corrected chi connectivity index (χ4v) is 3.00. The van der Waals surface area contributed by atoms with Gasteiger partial charge in [-0.05, 0) is 31.6 Å². The second-order valence-electron chi connectivity index (χ2n) is 3.88. The predicted molar refractivity (Wildman–Crippen MR) is 77.0 cm³/mol. The van der Waals surface area contributed by atoms with E-state index >= 15 is 0 Å². The molecule has 1 aromatic rings. The van der Waals surface area contributed by atoms with Crippen molar-refractivity contribution in [3.8, 4) is 0 Å². The first kappa shape index (κ1) is 16.5. The van der Waals surface area contributed by atoms with Crippen molar-refractivity contribution >= 4 is 38.9 Å². The van der Waals surface area contributed by atoms with Crippen LogP contribution in [0.25, 0.3) is 0 Å². The van der Waals surface area contributed by atoms with Gasteiger partial charge >= 0.3 is 0 Å². The van der Waals surface area contributed by atoms with Crippen LogP contribution in [0.3, 0.4) is 0 Å². The van der Waals surface area contributed by atoms with Crippen molar-refractivity contribution in [2.75, 3.05) is 23.6 Å². The zero-order valence-electron chi connectivity index (χ0n) is 10.3. The topological polar surface area (TPSA) is 58.2 Å². The zero-order valence-corrected chi connectivity index (χ0v) is 12.7. The number of sulfonamides is 1. The predicted octanol–water partition coefficient (Wildman–Crippen LogP) is 2.87. The molecule has 0 aliphatic carbocycles. The fraction of sp³-hybridized carbons (Fsp3) is 0.455. The van der Waals surface area contributed by atoms with Crippen LogP contribution in [0.4, 0.5) is 10.1 Å². The molecule has 4 nitrogen and oxygen atoms in total. The molecule has 0 radical (unpaired) electrons. The van der Waals surface area contributed by atoms with Crippen molar-refractivity contribution < 1.29 is 12.8 Å². The number of hydrogen-bond donors (Lipinski definition) is 2. The van der Waals surface area contributed by atoms with Crippen LogP contribution in [0.5, 0.6) is 0 Å². The van der Waals surface area contributed by atoms with Gasteiger partial charge in [-0.25, -0.2) is 12.8 Å². The summed E-state index contributed by atoms with van der Waals surface area (Å²) >= 11 is 11.2. The first-order chi connectivity index (χ1) is 8.85. The highest BCUT2D eigenvalue weighted by molar-refractivity contribution is 7.92. The van der Waals surface area contributed by atoms with Crippen molar-refractivity contribution in [1.29, 1.82) is 0 Å². The molecule has 0 unspecified atom stereocenters. The van der Waals surface area contributed by atoms with Crippen molar-refractivity contribution in [3.63, 3.8) is 0 Å². The molecule has 108 valence electrons. The minimum atomic E-state index is -3.49. The van der Waals surface area contributed by atoms with Crippen LogP contribution < -0.4 is 10.0 Å². The third kappa shape index (κ3) is 5.52. The van der Waals surface area contributed by atoms with E-state index < -0.39 is 15.8 Å². The summed E-state index contributed by atoms with van der Waals surface area (Å²) in [5.41, 5.74) is 0.153. The van der Waals surface area contributed by atoms with E-state index in [4.69, 9.17) is 23.2 Å². The lowest BCUT2D eigenvalue weighted by atomic mass is 10.3. The summed E-state index contributed by atoms with van der Waals surface area (Å²) in [6.45, 7) is 3.34. The summed E-state index contributed by atoms with van der Waals surface area (Å²) < 4.78 is 39.0. The molecule has 0 bridgehead atoms. The van der Waals surface area contributed by atoms with E-state index in [-0.39, 0.29) is 21.5 Å². The summed E-state index contributed by atoms with van der Waals surface area (Å²) in [5, 5.41) is 2.58. The van der Waals surface area contributed by atoms with Gasteiger partial charge in [0.2, 0.25) is 10.0 Å². The molecular weight excluding hydrogens is 314 g/mol. The van der Waals surface area contributed by atoms with Crippen LogP contribution in [0.2, 0.25) is 10.0 Å². The molecule has 19 heavy (non-hydrogen) atoms. The first-order valence-electron chi connectivity index (χ1n) is 5.71. The number of rotatable bonds is 7. The van der Waals surface area contributed by atoms with Gasteiger partial charge < -0.3 is 5.32 Å². The number of benzene rings is 1. The standard InChI is InChI=1S/C11H15Cl2FN2O2S/c1-2-15-4-3-5-19(17,18)16-8-6-9(12)11(14)10(13)7-8/h6-7,15-16H,2-5H2,1H3. The Morgan fingerprint density at radius 1 is 1.26 bits per heavy atom. The summed E-state index contributed by atoms with van der Waals surface area (Å²) in [6, 6.07) is 2.37. The Bertz CT molecular complexity index is 514. The molecule has 1 rings (SSSR count). The summed E-state index contributed by atoms with van der Waals surface area (Å²) in [5.74, 6) is -0.800. The Morgan fingerprint density at radius 2 is 1.84 bits per heavy atom. The molecule has 0 amide bonds. The van der Waals surface area contributed by atoms with Gasteiger partial charge in [0.25, 0.3) is 0 Å². The number of halogens is 3.